The molecular formula is C14H27N3O4. The number of aliphatic carboxylic acids is 1. The van der Waals surface area contributed by atoms with Crippen LogP contribution in [-0.2, 0) is 4.79 Å². The molecule has 21 heavy (non-hydrogen) atoms. The largest absolute Gasteiger partial charge is 0.481 e. The molecule has 0 atom stereocenters. The Morgan fingerprint density at radius 2 is 1.76 bits per heavy atom. The average molecular weight is 301 g/mol. The van der Waals surface area contributed by atoms with Gasteiger partial charge in [0.1, 0.15) is 0 Å². The maximum atomic E-state index is 12.2. The molecule has 7 nitrogen and oxygen atoms in total. The van der Waals surface area contributed by atoms with Crippen LogP contribution in [0.5, 0.6) is 0 Å². The van der Waals surface area contributed by atoms with Crippen LogP contribution in [0, 0.1) is 0 Å². The van der Waals surface area contributed by atoms with Gasteiger partial charge in [0.2, 0.25) is 0 Å². The summed E-state index contributed by atoms with van der Waals surface area (Å²) in [5, 5.41) is 18.4. The molecule has 7 heteroatoms. The van der Waals surface area contributed by atoms with Crippen molar-refractivity contribution in [3.05, 3.63) is 0 Å². The molecule has 2 amide bonds. The SMILES string of the molecule is CN(CCCC(=O)O)C(=O)N1CCN(CC(C)(C)O)CC1. The van der Waals surface area contributed by atoms with Gasteiger partial charge >= 0.3 is 12.0 Å². The number of amides is 2. The summed E-state index contributed by atoms with van der Waals surface area (Å²) >= 11 is 0. The van der Waals surface area contributed by atoms with Crippen molar-refractivity contribution < 1.29 is 19.8 Å². The summed E-state index contributed by atoms with van der Waals surface area (Å²) < 4.78 is 0. The fraction of sp³-hybridized carbons (Fsp3) is 0.857. The van der Waals surface area contributed by atoms with Crippen molar-refractivity contribution in [3.8, 4) is 0 Å². The van der Waals surface area contributed by atoms with Crippen LogP contribution >= 0.6 is 0 Å². The molecule has 0 unspecified atom stereocenters. The van der Waals surface area contributed by atoms with Gasteiger partial charge in [0, 0.05) is 52.7 Å². The molecule has 0 saturated carbocycles. The molecular weight excluding hydrogens is 274 g/mol. The Hall–Kier alpha value is -1.34. The lowest BCUT2D eigenvalue weighted by atomic mass is 10.1. The van der Waals surface area contributed by atoms with Crippen LogP contribution in [0.2, 0.25) is 0 Å². The third-order valence-corrected chi connectivity index (χ3v) is 3.46. The molecule has 0 bridgehead atoms. The number of hydrogen-bond acceptors (Lipinski definition) is 4. The van der Waals surface area contributed by atoms with Gasteiger partial charge < -0.3 is 20.0 Å². The molecule has 0 radical (unpaired) electrons. The minimum absolute atomic E-state index is 0.0525. The highest BCUT2D eigenvalue weighted by Crippen LogP contribution is 2.10. The number of nitrogens with zero attached hydrogens (tertiary/aromatic N) is 3. The highest BCUT2D eigenvalue weighted by atomic mass is 16.4. The number of carboxylic acids is 1. The predicted molar refractivity (Wildman–Crippen MR) is 79.2 cm³/mol. The summed E-state index contributed by atoms with van der Waals surface area (Å²) in [5.74, 6) is -0.837. The highest BCUT2D eigenvalue weighted by Gasteiger charge is 2.26. The molecule has 1 aliphatic rings. The van der Waals surface area contributed by atoms with Crippen LogP contribution < -0.4 is 0 Å². The van der Waals surface area contributed by atoms with Crippen molar-refractivity contribution in [1.29, 1.82) is 0 Å². The van der Waals surface area contributed by atoms with Crippen LogP contribution in [0.25, 0.3) is 0 Å². The number of hydrogen-bond donors (Lipinski definition) is 2. The van der Waals surface area contributed by atoms with Gasteiger partial charge in [-0.3, -0.25) is 9.69 Å². The number of carbonyl (C=O) groups excluding carboxylic acids is 1. The second kappa shape index (κ2) is 7.61. The van der Waals surface area contributed by atoms with E-state index in [9.17, 15) is 14.7 Å². The zero-order valence-electron chi connectivity index (χ0n) is 13.2. The molecule has 122 valence electrons. The van der Waals surface area contributed by atoms with Crippen molar-refractivity contribution in [3.63, 3.8) is 0 Å². The Morgan fingerprint density at radius 1 is 1.19 bits per heavy atom. The maximum Gasteiger partial charge on any atom is 0.319 e. The first-order chi connectivity index (χ1) is 9.69. The topological polar surface area (TPSA) is 84.3 Å². The molecule has 0 spiro atoms. The molecule has 0 aliphatic carbocycles. The van der Waals surface area contributed by atoms with E-state index in [2.05, 4.69) is 4.90 Å². The molecule has 0 aromatic heterocycles. The van der Waals surface area contributed by atoms with E-state index < -0.39 is 11.6 Å². The minimum atomic E-state index is -0.837. The van der Waals surface area contributed by atoms with Crippen LogP contribution in [0.4, 0.5) is 4.79 Å². The smallest absolute Gasteiger partial charge is 0.319 e. The summed E-state index contributed by atoms with van der Waals surface area (Å²) in [6, 6.07) is -0.0525. The summed E-state index contributed by atoms with van der Waals surface area (Å²) in [6.45, 7) is 7.38. The first-order valence-corrected chi connectivity index (χ1v) is 7.35. The fourth-order valence-electron chi connectivity index (χ4n) is 2.45. The van der Waals surface area contributed by atoms with Gasteiger partial charge in [-0.05, 0) is 20.3 Å². The van der Waals surface area contributed by atoms with E-state index in [1.165, 1.54) is 0 Å². The van der Waals surface area contributed by atoms with E-state index in [1.807, 2.05) is 0 Å². The molecule has 1 aliphatic heterocycles. The van der Waals surface area contributed by atoms with Gasteiger partial charge in [-0.1, -0.05) is 0 Å². The number of carbonyl (C=O) groups is 2. The summed E-state index contributed by atoms with van der Waals surface area (Å²) in [7, 11) is 1.70. The number of aliphatic hydroxyl groups is 1. The fourth-order valence-corrected chi connectivity index (χ4v) is 2.45. The first kappa shape index (κ1) is 17.7. The molecule has 2 N–H and O–H groups in total. The Balaban J connectivity index is 2.32. The molecule has 0 aromatic rings. The zero-order valence-corrected chi connectivity index (χ0v) is 13.2. The second-order valence-electron chi connectivity index (χ2n) is 6.28. The van der Waals surface area contributed by atoms with Gasteiger partial charge in [0.05, 0.1) is 5.60 Å². The lowest BCUT2D eigenvalue weighted by molar-refractivity contribution is -0.137. The first-order valence-electron chi connectivity index (χ1n) is 7.35. The third-order valence-electron chi connectivity index (χ3n) is 3.46. The van der Waals surface area contributed by atoms with Gasteiger partial charge in [-0.25, -0.2) is 4.79 Å². The average Bonchev–Trinajstić information content (AvgIpc) is 2.36. The van der Waals surface area contributed by atoms with E-state index in [1.54, 1.807) is 30.7 Å². The Labute approximate surface area is 126 Å². The quantitative estimate of drug-likeness (QED) is 0.737. The van der Waals surface area contributed by atoms with Gasteiger partial charge in [0.15, 0.2) is 0 Å². The van der Waals surface area contributed by atoms with Gasteiger partial charge in [-0.2, -0.15) is 0 Å². The zero-order chi connectivity index (χ0) is 16.0. The number of piperazine rings is 1. The van der Waals surface area contributed by atoms with E-state index in [-0.39, 0.29) is 12.5 Å². The summed E-state index contributed by atoms with van der Waals surface area (Å²) in [5.41, 5.74) is -0.722. The predicted octanol–water partition coefficient (Wildman–Crippen LogP) is 0.292. The molecule has 1 heterocycles. The molecule has 1 fully saturated rings. The monoisotopic (exact) mass is 301 g/mol. The Morgan fingerprint density at radius 3 is 2.24 bits per heavy atom. The van der Waals surface area contributed by atoms with Crippen molar-refractivity contribution >= 4 is 12.0 Å². The number of urea groups is 1. The minimum Gasteiger partial charge on any atom is -0.481 e. The summed E-state index contributed by atoms with van der Waals surface area (Å²) in [6.07, 6.45) is 0.549. The van der Waals surface area contributed by atoms with Crippen LogP contribution in [0.3, 0.4) is 0 Å². The van der Waals surface area contributed by atoms with Crippen molar-refractivity contribution in [2.75, 3.05) is 46.3 Å². The van der Waals surface area contributed by atoms with E-state index in [0.717, 1.165) is 13.1 Å². The van der Waals surface area contributed by atoms with E-state index in [4.69, 9.17) is 5.11 Å². The summed E-state index contributed by atoms with van der Waals surface area (Å²) in [4.78, 5) is 28.2. The van der Waals surface area contributed by atoms with E-state index in [0.29, 0.717) is 32.6 Å². The molecule has 1 saturated heterocycles. The van der Waals surface area contributed by atoms with Crippen molar-refractivity contribution in [1.82, 2.24) is 14.7 Å². The number of rotatable bonds is 6. The van der Waals surface area contributed by atoms with E-state index >= 15 is 0 Å². The third kappa shape index (κ3) is 6.77. The molecule has 1 rings (SSSR count). The second-order valence-corrected chi connectivity index (χ2v) is 6.28. The normalized spacial score (nSPS) is 16.9. The number of β-amino-alcohol motifs (C(OH)–C–C–N with tert-alkyl or cyclic N) is 1. The van der Waals surface area contributed by atoms with Crippen LogP contribution in [-0.4, -0.2) is 88.8 Å². The van der Waals surface area contributed by atoms with Crippen LogP contribution in [0.15, 0.2) is 0 Å². The Bertz CT molecular complexity index is 360. The van der Waals surface area contributed by atoms with Crippen molar-refractivity contribution in [2.45, 2.75) is 32.3 Å². The molecule has 0 aromatic carbocycles. The maximum absolute atomic E-state index is 12.2. The number of carboxylic acid groups (broad SMARTS) is 1. The van der Waals surface area contributed by atoms with Gasteiger partial charge in [-0.15, -0.1) is 0 Å². The van der Waals surface area contributed by atoms with Crippen LogP contribution in [0.1, 0.15) is 26.7 Å². The van der Waals surface area contributed by atoms with Crippen molar-refractivity contribution in [2.24, 2.45) is 0 Å². The Kier molecular flexibility index (Phi) is 6.42. The highest BCUT2D eigenvalue weighted by molar-refractivity contribution is 5.74. The van der Waals surface area contributed by atoms with Gasteiger partial charge in [0.25, 0.3) is 0 Å². The lowest BCUT2D eigenvalue weighted by Gasteiger charge is -2.38. The standard InChI is InChI=1S/C14H27N3O4/c1-14(2,21)11-16-7-9-17(10-8-16)13(20)15(3)6-4-5-12(18)19/h21H,4-11H2,1-3H3,(H,18,19). The lowest BCUT2D eigenvalue weighted by Crippen LogP contribution is -2.54.